The number of ether oxygens (including phenoxy) is 1. The third-order valence-electron chi connectivity index (χ3n) is 6.03. The summed E-state index contributed by atoms with van der Waals surface area (Å²) >= 11 is 1.70. The van der Waals surface area contributed by atoms with Crippen molar-refractivity contribution in [1.29, 1.82) is 0 Å². The number of hydrogen-bond acceptors (Lipinski definition) is 6. The lowest BCUT2D eigenvalue weighted by Gasteiger charge is -2.30. The molecular weight excluding hydrogens is 426 g/mol. The average molecular weight is 454 g/mol. The Bertz CT molecular complexity index is 1250. The molecule has 1 aliphatic heterocycles. The van der Waals surface area contributed by atoms with Crippen LogP contribution in [0, 0.1) is 0 Å². The highest BCUT2D eigenvalue weighted by atomic mass is 32.1. The van der Waals surface area contributed by atoms with Crippen LogP contribution in [0.5, 0.6) is 0 Å². The van der Waals surface area contributed by atoms with E-state index in [4.69, 9.17) is 9.72 Å². The lowest BCUT2D eigenvalue weighted by Crippen LogP contribution is -2.42. The fourth-order valence-electron chi connectivity index (χ4n) is 4.17. The summed E-state index contributed by atoms with van der Waals surface area (Å²) in [6.07, 6.45) is 5.94. The number of aryl methyl sites for hydroxylation is 1. The standard InChI is InChI=1S/C23H27N5O3S/c1-22(2,3)31-21(30)28-8-5-17-16(12-28)19(29)26-20(25-17)23(6-7-23)18-9-14(13-32-18)15-10-24-27(4)11-15/h9-11,13H,5-8,12H2,1-4H3,(H,25,26,29). The van der Waals surface area contributed by atoms with Gasteiger partial charge < -0.3 is 14.6 Å². The van der Waals surface area contributed by atoms with Crippen LogP contribution in [0.15, 0.2) is 28.6 Å². The Morgan fingerprint density at radius 3 is 2.72 bits per heavy atom. The average Bonchev–Trinajstić information content (AvgIpc) is 3.17. The Kier molecular flexibility index (Phi) is 4.77. The second kappa shape index (κ2) is 7.30. The maximum Gasteiger partial charge on any atom is 0.410 e. The summed E-state index contributed by atoms with van der Waals surface area (Å²) < 4.78 is 7.26. The monoisotopic (exact) mass is 453 g/mol. The Morgan fingerprint density at radius 2 is 2.06 bits per heavy atom. The van der Waals surface area contributed by atoms with Gasteiger partial charge in [0.2, 0.25) is 0 Å². The van der Waals surface area contributed by atoms with Crippen molar-refractivity contribution in [2.75, 3.05) is 6.54 Å². The number of aromatic amines is 1. The van der Waals surface area contributed by atoms with Crippen molar-refractivity contribution in [1.82, 2.24) is 24.6 Å². The minimum atomic E-state index is -0.570. The molecule has 0 bridgehead atoms. The molecule has 2 aliphatic rings. The van der Waals surface area contributed by atoms with E-state index < -0.39 is 11.7 Å². The number of aromatic nitrogens is 4. The van der Waals surface area contributed by atoms with E-state index in [2.05, 4.69) is 21.5 Å². The Morgan fingerprint density at radius 1 is 1.28 bits per heavy atom. The number of thiophene rings is 1. The van der Waals surface area contributed by atoms with Crippen LogP contribution in [0.25, 0.3) is 11.1 Å². The van der Waals surface area contributed by atoms with Crippen molar-refractivity contribution >= 4 is 17.4 Å². The molecule has 0 aromatic carbocycles. The molecule has 1 fully saturated rings. The Balaban J connectivity index is 1.41. The highest BCUT2D eigenvalue weighted by Crippen LogP contribution is 2.54. The molecule has 1 amide bonds. The molecule has 5 rings (SSSR count). The molecule has 8 nitrogen and oxygen atoms in total. The quantitative estimate of drug-likeness (QED) is 0.654. The van der Waals surface area contributed by atoms with Crippen molar-refractivity contribution in [2.24, 2.45) is 7.05 Å². The van der Waals surface area contributed by atoms with Crippen LogP contribution in [0.2, 0.25) is 0 Å². The van der Waals surface area contributed by atoms with Crippen LogP contribution in [-0.4, -0.2) is 42.9 Å². The summed E-state index contributed by atoms with van der Waals surface area (Å²) in [5, 5.41) is 6.40. The normalized spacial score (nSPS) is 17.2. The van der Waals surface area contributed by atoms with E-state index in [1.807, 2.05) is 40.2 Å². The molecule has 9 heteroatoms. The van der Waals surface area contributed by atoms with Crippen molar-refractivity contribution < 1.29 is 9.53 Å². The van der Waals surface area contributed by atoms with Crippen molar-refractivity contribution in [2.45, 2.75) is 57.6 Å². The number of carbonyl (C=O) groups is 1. The third-order valence-corrected chi connectivity index (χ3v) is 7.17. The van der Waals surface area contributed by atoms with E-state index in [9.17, 15) is 9.59 Å². The first-order valence-corrected chi connectivity index (χ1v) is 11.7. The fraction of sp³-hybridized carbons (Fsp3) is 0.478. The van der Waals surface area contributed by atoms with Crippen molar-refractivity contribution in [3.8, 4) is 11.1 Å². The summed E-state index contributed by atoms with van der Waals surface area (Å²) in [7, 11) is 1.91. The van der Waals surface area contributed by atoms with Gasteiger partial charge >= 0.3 is 6.09 Å². The van der Waals surface area contributed by atoms with Crippen LogP contribution in [-0.2, 0) is 30.2 Å². The first-order chi connectivity index (χ1) is 15.1. The second-order valence-electron chi connectivity index (χ2n) is 9.68. The molecule has 1 saturated carbocycles. The molecule has 32 heavy (non-hydrogen) atoms. The summed E-state index contributed by atoms with van der Waals surface area (Å²) in [4.78, 5) is 36.2. The predicted octanol–water partition coefficient (Wildman–Crippen LogP) is 3.61. The van der Waals surface area contributed by atoms with Gasteiger partial charge in [-0.1, -0.05) is 0 Å². The van der Waals surface area contributed by atoms with Gasteiger partial charge in [-0.15, -0.1) is 11.3 Å². The molecule has 4 heterocycles. The van der Waals surface area contributed by atoms with Gasteiger partial charge in [-0.25, -0.2) is 9.78 Å². The molecule has 0 unspecified atom stereocenters. The van der Waals surface area contributed by atoms with E-state index in [0.29, 0.717) is 18.5 Å². The molecule has 0 atom stereocenters. The third kappa shape index (κ3) is 3.74. The van der Waals surface area contributed by atoms with Crippen LogP contribution < -0.4 is 5.56 Å². The molecule has 0 radical (unpaired) electrons. The fourth-order valence-corrected chi connectivity index (χ4v) is 5.35. The predicted molar refractivity (Wildman–Crippen MR) is 122 cm³/mol. The number of fused-ring (bicyclic) bond motifs is 1. The number of amides is 1. The zero-order valence-corrected chi connectivity index (χ0v) is 19.6. The Hall–Kier alpha value is -2.94. The van der Waals surface area contributed by atoms with Gasteiger partial charge in [0.15, 0.2) is 0 Å². The molecule has 1 N–H and O–H groups in total. The maximum atomic E-state index is 13.0. The van der Waals surface area contributed by atoms with E-state index >= 15 is 0 Å². The zero-order valence-electron chi connectivity index (χ0n) is 18.8. The largest absolute Gasteiger partial charge is 0.444 e. The van der Waals surface area contributed by atoms with Gasteiger partial charge in [-0.2, -0.15) is 5.10 Å². The maximum absolute atomic E-state index is 13.0. The van der Waals surface area contributed by atoms with Gasteiger partial charge in [0, 0.05) is 36.7 Å². The number of H-pyrrole nitrogens is 1. The molecule has 0 saturated heterocycles. The van der Waals surface area contributed by atoms with Gasteiger partial charge in [0.25, 0.3) is 5.56 Å². The van der Waals surface area contributed by atoms with Gasteiger partial charge in [0.05, 0.1) is 29.4 Å². The van der Waals surface area contributed by atoms with E-state index in [-0.39, 0.29) is 17.5 Å². The van der Waals surface area contributed by atoms with Gasteiger partial charge in [-0.3, -0.25) is 9.48 Å². The van der Waals surface area contributed by atoms with Gasteiger partial charge in [-0.05, 0) is 50.6 Å². The number of nitrogens with one attached hydrogen (secondary N) is 1. The van der Waals surface area contributed by atoms with E-state index in [0.717, 1.165) is 35.5 Å². The summed E-state index contributed by atoms with van der Waals surface area (Å²) in [6, 6.07) is 2.19. The molecule has 3 aromatic heterocycles. The minimum Gasteiger partial charge on any atom is -0.444 e. The smallest absolute Gasteiger partial charge is 0.410 e. The summed E-state index contributed by atoms with van der Waals surface area (Å²) in [5.74, 6) is 0.742. The van der Waals surface area contributed by atoms with Crippen LogP contribution in [0.1, 0.15) is 55.6 Å². The van der Waals surface area contributed by atoms with Crippen molar-refractivity contribution in [3.63, 3.8) is 0 Å². The number of carbonyl (C=O) groups excluding carboxylic acids is 1. The second-order valence-corrected chi connectivity index (χ2v) is 10.6. The first kappa shape index (κ1) is 20.9. The van der Waals surface area contributed by atoms with E-state index in [1.165, 1.54) is 4.88 Å². The van der Waals surface area contributed by atoms with Crippen molar-refractivity contribution in [3.05, 3.63) is 56.2 Å². The number of nitrogens with zero attached hydrogens (tertiary/aromatic N) is 4. The number of hydrogen-bond donors (Lipinski definition) is 1. The lowest BCUT2D eigenvalue weighted by atomic mass is 10.0. The zero-order chi connectivity index (χ0) is 22.7. The highest BCUT2D eigenvalue weighted by Gasteiger charge is 2.50. The highest BCUT2D eigenvalue weighted by molar-refractivity contribution is 7.10. The Labute approximate surface area is 190 Å². The van der Waals surface area contributed by atoms with Crippen LogP contribution in [0.3, 0.4) is 0 Å². The van der Waals surface area contributed by atoms with Crippen LogP contribution >= 0.6 is 11.3 Å². The lowest BCUT2D eigenvalue weighted by molar-refractivity contribution is 0.0221. The molecule has 3 aromatic rings. The molecular formula is C23H27N5O3S. The molecule has 1 aliphatic carbocycles. The number of rotatable bonds is 3. The molecule has 0 spiro atoms. The molecule has 168 valence electrons. The van der Waals surface area contributed by atoms with Crippen LogP contribution in [0.4, 0.5) is 4.79 Å². The minimum absolute atomic E-state index is 0.159. The SMILES string of the molecule is Cn1cc(-c2csc(C3(c4nc5c(c(=O)[nH]4)CN(C(=O)OC(C)(C)C)CC5)CC3)c2)cn1. The van der Waals surface area contributed by atoms with E-state index in [1.54, 1.807) is 20.9 Å². The topological polar surface area (TPSA) is 93.1 Å². The summed E-state index contributed by atoms with van der Waals surface area (Å²) in [6.45, 7) is 6.23. The van der Waals surface area contributed by atoms with Gasteiger partial charge in [0.1, 0.15) is 11.4 Å². The summed E-state index contributed by atoms with van der Waals surface area (Å²) in [5.41, 5.74) is 2.62. The first-order valence-electron chi connectivity index (χ1n) is 10.8.